The van der Waals surface area contributed by atoms with Crippen molar-refractivity contribution in [2.75, 3.05) is 12.4 Å². The van der Waals surface area contributed by atoms with Crippen LogP contribution in [0.15, 0.2) is 60.0 Å². The third-order valence-corrected chi connectivity index (χ3v) is 4.06. The molecule has 122 valence electrons. The van der Waals surface area contributed by atoms with Gasteiger partial charge in [-0.15, -0.1) is 11.3 Å². The third-order valence-electron chi connectivity index (χ3n) is 3.24. The molecule has 0 atom stereocenters. The molecule has 0 radical (unpaired) electrons. The van der Waals surface area contributed by atoms with E-state index in [2.05, 4.69) is 10.3 Å². The number of carbonyl (C=O) groups excluding carboxylic acids is 1. The SMILES string of the molecule is COc1ccc(OCc2nc(C(=O)Nc3ccccc3)cs2)cc1. The molecule has 0 aliphatic carbocycles. The van der Waals surface area contributed by atoms with Gasteiger partial charge in [0.25, 0.3) is 5.91 Å². The van der Waals surface area contributed by atoms with Gasteiger partial charge in [-0.05, 0) is 36.4 Å². The first-order chi connectivity index (χ1) is 11.7. The Balaban J connectivity index is 1.57. The number of hydrogen-bond acceptors (Lipinski definition) is 5. The number of thiazole rings is 1. The Morgan fingerprint density at radius 2 is 1.79 bits per heavy atom. The van der Waals surface area contributed by atoms with E-state index in [-0.39, 0.29) is 5.91 Å². The van der Waals surface area contributed by atoms with Crippen molar-refractivity contribution in [3.63, 3.8) is 0 Å². The number of ether oxygens (including phenoxy) is 2. The number of nitrogens with zero attached hydrogens (tertiary/aromatic N) is 1. The minimum Gasteiger partial charge on any atom is -0.497 e. The topological polar surface area (TPSA) is 60.5 Å². The summed E-state index contributed by atoms with van der Waals surface area (Å²) >= 11 is 1.39. The zero-order chi connectivity index (χ0) is 16.8. The molecule has 0 aliphatic rings. The molecule has 24 heavy (non-hydrogen) atoms. The molecule has 1 heterocycles. The second kappa shape index (κ2) is 7.61. The predicted octanol–water partition coefficient (Wildman–Crippen LogP) is 3.98. The summed E-state index contributed by atoms with van der Waals surface area (Å²) in [5, 5.41) is 5.28. The molecule has 0 unspecified atom stereocenters. The molecule has 6 heteroatoms. The molecule has 0 saturated carbocycles. The van der Waals surface area contributed by atoms with Crippen LogP contribution in [0.25, 0.3) is 0 Å². The summed E-state index contributed by atoms with van der Waals surface area (Å²) in [4.78, 5) is 16.5. The molecule has 0 aliphatic heterocycles. The molecule has 0 fully saturated rings. The van der Waals surface area contributed by atoms with Crippen molar-refractivity contribution >= 4 is 22.9 Å². The molecule has 2 aromatic carbocycles. The van der Waals surface area contributed by atoms with Crippen molar-refractivity contribution in [1.82, 2.24) is 4.98 Å². The first kappa shape index (κ1) is 16.0. The lowest BCUT2D eigenvalue weighted by molar-refractivity contribution is 0.102. The summed E-state index contributed by atoms with van der Waals surface area (Å²) in [6.07, 6.45) is 0. The average molecular weight is 340 g/mol. The lowest BCUT2D eigenvalue weighted by atomic mass is 10.3. The number of para-hydroxylation sites is 1. The first-order valence-corrected chi connectivity index (χ1v) is 8.20. The fraction of sp³-hybridized carbons (Fsp3) is 0.111. The Hall–Kier alpha value is -2.86. The van der Waals surface area contributed by atoms with Crippen LogP contribution in [0.2, 0.25) is 0 Å². The number of nitrogens with one attached hydrogen (secondary N) is 1. The summed E-state index contributed by atoms with van der Waals surface area (Å²) in [6.45, 7) is 0.315. The monoisotopic (exact) mass is 340 g/mol. The van der Waals surface area contributed by atoms with Crippen molar-refractivity contribution < 1.29 is 14.3 Å². The number of anilines is 1. The van der Waals surface area contributed by atoms with Crippen molar-refractivity contribution in [3.05, 3.63) is 70.7 Å². The minimum atomic E-state index is -0.229. The second-order valence-electron chi connectivity index (χ2n) is 4.91. The smallest absolute Gasteiger partial charge is 0.275 e. The summed E-state index contributed by atoms with van der Waals surface area (Å²) < 4.78 is 10.8. The molecule has 1 N–H and O–H groups in total. The number of amides is 1. The van der Waals surface area contributed by atoms with Gasteiger partial charge in [-0.3, -0.25) is 4.79 Å². The summed E-state index contributed by atoms with van der Waals surface area (Å²) in [5.41, 5.74) is 1.13. The highest BCUT2D eigenvalue weighted by Crippen LogP contribution is 2.19. The maximum atomic E-state index is 12.2. The van der Waals surface area contributed by atoms with Gasteiger partial charge in [0.1, 0.15) is 28.8 Å². The van der Waals surface area contributed by atoms with Gasteiger partial charge in [0.05, 0.1) is 7.11 Å². The molecule has 3 rings (SSSR count). The fourth-order valence-electron chi connectivity index (χ4n) is 2.02. The molecule has 1 aromatic heterocycles. The Morgan fingerprint density at radius 3 is 2.50 bits per heavy atom. The summed E-state index contributed by atoms with van der Waals surface area (Å²) in [6, 6.07) is 16.6. The van der Waals surface area contributed by atoms with Crippen LogP contribution in [0.3, 0.4) is 0 Å². The van der Waals surface area contributed by atoms with Gasteiger partial charge in [-0.2, -0.15) is 0 Å². The van der Waals surface area contributed by atoms with Gasteiger partial charge < -0.3 is 14.8 Å². The Labute approximate surface area is 143 Å². The maximum Gasteiger partial charge on any atom is 0.275 e. The highest BCUT2D eigenvalue weighted by atomic mass is 32.1. The van der Waals surface area contributed by atoms with E-state index in [1.54, 1.807) is 12.5 Å². The lowest BCUT2D eigenvalue weighted by Crippen LogP contribution is -2.12. The maximum absolute atomic E-state index is 12.2. The lowest BCUT2D eigenvalue weighted by Gasteiger charge is -2.05. The van der Waals surface area contributed by atoms with Crippen molar-refractivity contribution in [2.24, 2.45) is 0 Å². The average Bonchev–Trinajstić information content (AvgIpc) is 3.10. The van der Waals surface area contributed by atoms with Crippen molar-refractivity contribution in [2.45, 2.75) is 6.61 Å². The number of aromatic nitrogens is 1. The largest absolute Gasteiger partial charge is 0.497 e. The first-order valence-electron chi connectivity index (χ1n) is 7.32. The van der Waals surface area contributed by atoms with Crippen LogP contribution in [-0.4, -0.2) is 18.0 Å². The van der Waals surface area contributed by atoms with E-state index in [4.69, 9.17) is 9.47 Å². The van der Waals surface area contributed by atoms with E-state index in [0.717, 1.165) is 22.2 Å². The van der Waals surface area contributed by atoms with Gasteiger partial charge in [-0.25, -0.2) is 4.98 Å². The second-order valence-corrected chi connectivity index (χ2v) is 5.85. The predicted molar refractivity (Wildman–Crippen MR) is 93.8 cm³/mol. The molecular formula is C18H16N2O3S. The van der Waals surface area contributed by atoms with E-state index in [0.29, 0.717) is 12.3 Å². The summed E-state index contributed by atoms with van der Waals surface area (Å²) in [7, 11) is 1.62. The van der Waals surface area contributed by atoms with E-state index in [9.17, 15) is 4.79 Å². The molecule has 3 aromatic rings. The van der Waals surface area contributed by atoms with Crippen molar-refractivity contribution in [3.8, 4) is 11.5 Å². The number of rotatable bonds is 6. The highest BCUT2D eigenvalue weighted by Gasteiger charge is 2.11. The third kappa shape index (κ3) is 4.11. The van der Waals surface area contributed by atoms with Crippen molar-refractivity contribution in [1.29, 1.82) is 0 Å². The number of hydrogen-bond donors (Lipinski definition) is 1. The van der Waals surface area contributed by atoms with E-state index in [1.165, 1.54) is 11.3 Å². The fourth-order valence-corrected chi connectivity index (χ4v) is 2.70. The standard InChI is InChI=1S/C18H16N2O3S/c1-22-14-7-9-15(10-8-14)23-11-17-20-16(12-24-17)18(21)19-13-5-3-2-4-6-13/h2-10,12H,11H2,1H3,(H,19,21). The van der Waals surface area contributed by atoms with Crippen LogP contribution in [0, 0.1) is 0 Å². The molecular weight excluding hydrogens is 324 g/mol. The number of benzene rings is 2. The Bertz CT molecular complexity index is 801. The van der Waals surface area contributed by atoms with Crippen LogP contribution < -0.4 is 14.8 Å². The zero-order valence-electron chi connectivity index (χ0n) is 13.1. The highest BCUT2D eigenvalue weighted by molar-refractivity contribution is 7.09. The van der Waals surface area contributed by atoms with Gasteiger partial charge in [0, 0.05) is 11.1 Å². The van der Waals surface area contributed by atoms with Gasteiger partial charge >= 0.3 is 0 Å². The van der Waals surface area contributed by atoms with E-state index in [1.807, 2.05) is 54.6 Å². The number of methoxy groups -OCH3 is 1. The molecule has 1 amide bonds. The van der Waals surface area contributed by atoms with Gasteiger partial charge in [0.15, 0.2) is 0 Å². The van der Waals surface area contributed by atoms with Gasteiger partial charge in [-0.1, -0.05) is 18.2 Å². The van der Waals surface area contributed by atoms with Crippen LogP contribution in [-0.2, 0) is 6.61 Å². The normalized spacial score (nSPS) is 10.2. The Morgan fingerprint density at radius 1 is 1.08 bits per heavy atom. The Kier molecular flexibility index (Phi) is 5.08. The zero-order valence-corrected chi connectivity index (χ0v) is 13.9. The number of carbonyl (C=O) groups is 1. The minimum absolute atomic E-state index is 0.229. The van der Waals surface area contributed by atoms with Crippen LogP contribution in [0.4, 0.5) is 5.69 Å². The van der Waals surface area contributed by atoms with Crippen LogP contribution >= 0.6 is 11.3 Å². The van der Waals surface area contributed by atoms with Crippen LogP contribution in [0.1, 0.15) is 15.5 Å². The van der Waals surface area contributed by atoms with Crippen LogP contribution in [0.5, 0.6) is 11.5 Å². The van der Waals surface area contributed by atoms with E-state index < -0.39 is 0 Å². The molecule has 5 nitrogen and oxygen atoms in total. The summed E-state index contributed by atoms with van der Waals surface area (Å²) in [5.74, 6) is 1.27. The molecule has 0 spiro atoms. The molecule has 0 saturated heterocycles. The van der Waals surface area contributed by atoms with E-state index >= 15 is 0 Å². The quantitative estimate of drug-likeness (QED) is 0.737. The van der Waals surface area contributed by atoms with Gasteiger partial charge in [0.2, 0.25) is 0 Å². The molecule has 0 bridgehead atoms.